The molecule has 11 heteroatoms. The number of hydrogen-bond donors (Lipinski definition) is 2. The minimum atomic E-state index is -1.62. The van der Waals surface area contributed by atoms with Crippen molar-refractivity contribution in [1.82, 2.24) is 25.7 Å². The molecule has 1 aromatic carbocycles. The quantitative estimate of drug-likeness (QED) is 0.410. The molecule has 4 aromatic rings. The van der Waals surface area contributed by atoms with Gasteiger partial charge in [0.05, 0.1) is 30.6 Å². The van der Waals surface area contributed by atoms with Crippen LogP contribution in [0.1, 0.15) is 33.1 Å². The van der Waals surface area contributed by atoms with Crippen molar-refractivity contribution in [2.45, 2.75) is 25.9 Å². The molecule has 0 saturated carbocycles. The van der Waals surface area contributed by atoms with Crippen LogP contribution in [0.15, 0.2) is 45.3 Å². The highest BCUT2D eigenvalue weighted by Crippen LogP contribution is 2.35. The van der Waals surface area contributed by atoms with Gasteiger partial charge in [0.1, 0.15) is 22.8 Å². The second-order valence-corrected chi connectivity index (χ2v) is 8.89. The lowest BCUT2D eigenvalue weighted by Crippen LogP contribution is -2.52. The number of rotatable bonds is 5. The first-order valence-corrected chi connectivity index (χ1v) is 11.2. The summed E-state index contributed by atoms with van der Waals surface area (Å²) in [5.41, 5.74) is 2.69. The van der Waals surface area contributed by atoms with Gasteiger partial charge in [-0.25, -0.2) is 9.78 Å². The van der Waals surface area contributed by atoms with Gasteiger partial charge in [-0.05, 0) is 43.7 Å². The van der Waals surface area contributed by atoms with Gasteiger partial charge in [0.25, 0.3) is 11.8 Å². The highest BCUT2D eigenvalue weighted by molar-refractivity contribution is 6.08. The summed E-state index contributed by atoms with van der Waals surface area (Å²) in [4.78, 5) is 44.8. The number of carbonyl (C=O) groups is 3. The number of aryl methyl sites for hydroxylation is 2. The van der Waals surface area contributed by atoms with Gasteiger partial charge in [-0.1, -0.05) is 11.2 Å². The summed E-state index contributed by atoms with van der Waals surface area (Å²) in [6.07, 6.45) is 0. The van der Waals surface area contributed by atoms with E-state index in [0.29, 0.717) is 39.6 Å². The second kappa shape index (κ2) is 7.67. The van der Waals surface area contributed by atoms with Gasteiger partial charge in [-0.15, -0.1) is 0 Å². The van der Waals surface area contributed by atoms with Crippen LogP contribution in [-0.4, -0.2) is 46.5 Å². The monoisotopic (exact) mass is 487 g/mol. The predicted molar refractivity (Wildman–Crippen MR) is 125 cm³/mol. The molecule has 2 N–H and O–H groups in total. The number of hydrogen-bond acceptors (Lipinski definition) is 8. The highest BCUT2D eigenvalue weighted by atomic mass is 16.5. The number of fused-ring (bicyclic) bond motifs is 2. The lowest BCUT2D eigenvalue weighted by Gasteiger charge is -2.28. The number of furan rings is 1. The molecule has 36 heavy (non-hydrogen) atoms. The number of urea groups is 1. The van der Waals surface area contributed by atoms with E-state index in [0.717, 1.165) is 11.1 Å². The van der Waals surface area contributed by atoms with Crippen molar-refractivity contribution in [3.8, 4) is 17.0 Å². The van der Waals surface area contributed by atoms with Crippen molar-refractivity contribution < 1.29 is 28.1 Å². The number of pyridine rings is 1. The smallest absolute Gasteiger partial charge is 0.322 e. The Kier molecular flexibility index (Phi) is 4.65. The number of imide groups is 1. The van der Waals surface area contributed by atoms with E-state index in [-0.39, 0.29) is 24.8 Å². The van der Waals surface area contributed by atoms with Crippen LogP contribution in [-0.2, 0) is 16.9 Å². The number of methoxy groups -OCH3 is 1. The van der Waals surface area contributed by atoms with Gasteiger partial charge >= 0.3 is 6.03 Å². The summed E-state index contributed by atoms with van der Waals surface area (Å²) in [6.45, 7) is 3.78. The molecule has 0 bridgehead atoms. The first-order chi connectivity index (χ1) is 17.3. The molecule has 1 atom stereocenters. The zero-order valence-corrected chi connectivity index (χ0v) is 19.7. The van der Waals surface area contributed by atoms with E-state index >= 15 is 0 Å². The van der Waals surface area contributed by atoms with Crippen LogP contribution in [0.5, 0.6) is 5.75 Å². The molecule has 0 aliphatic carbocycles. The molecule has 0 radical (unpaired) electrons. The Hall–Kier alpha value is -4.67. The number of amides is 4. The summed E-state index contributed by atoms with van der Waals surface area (Å²) in [5.74, 6) is 0.477. The Morgan fingerprint density at radius 3 is 2.67 bits per heavy atom. The largest absolute Gasteiger partial charge is 0.497 e. The van der Waals surface area contributed by atoms with Crippen molar-refractivity contribution in [3.63, 3.8) is 0 Å². The molecule has 2 aliphatic heterocycles. The highest BCUT2D eigenvalue weighted by Gasteiger charge is 2.53. The van der Waals surface area contributed by atoms with Gasteiger partial charge < -0.3 is 23.9 Å². The van der Waals surface area contributed by atoms with Gasteiger partial charge in [-0.3, -0.25) is 14.9 Å². The number of nitrogens with one attached hydrogen (secondary N) is 2. The fourth-order valence-corrected chi connectivity index (χ4v) is 4.86. The number of nitrogens with zero attached hydrogens (tertiary/aromatic N) is 3. The molecule has 3 aromatic heterocycles. The van der Waals surface area contributed by atoms with Crippen molar-refractivity contribution in [2.24, 2.45) is 0 Å². The van der Waals surface area contributed by atoms with Crippen LogP contribution in [0.3, 0.4) is 0 Å². The van der Waals surface area contributed by atoms with E-state index in [9.17, 15) is 14.4 Å². The summed E-state index contributed by atoms with van der Waals surface area (Å²) >= 11 is 0. The average molecular weight is 487 g/mol. The maximum absolute atomic E-state index is 13.2. The number of carbonyl (C=O) groups excluding carboxylic acids is 3. The van der Waals surface area contributed by atoms with Gasteiger partial charge in [0.15, 0.2) is 11.1 Å². The van der Waals surface area contributed by atoms with E-state index in [1.54, 1.807) is 37.3 Å². The van der Waals surface area contributed by atoms with Crippen LogP contribution in [0.2, 0.25) is 0 Å². The summed E-state index contributed by atoms with van der Waals surface area (Å²) in [6, 6.07) is 9.70. The van der Waals surface area contributed by atoms with Gasteiger partial charge in [-0.2, -0.15) is 0 Å². The van der Waals surface area contributed by atoms with E-state index in [2.05, 4.69) is 20.8 Å². The number of aromatic nitrogens is 2. The predicted octanol–water partition coefficient (Wildman–Crippen LogP) is 2.80. The van der Waals surface area contributed by atoms with Crippen LogP contribution >= 0.6 is 0 Å². The van der Waals surface area contributed by atoms with E-state index in [1.807, 2.05) is 13.0 Å². The van der Waals surface area contributed by atoms with Crippen molar-refractivity contribution in [2.75, 3.05) is 13.7 Å². The fourth-order valence-electron chi connectivity index (χ4n) is 4.86. The third-order valence-electron chi connectivity index (χ3n) is 6.65. The van der Waals surface area contributed by atoms with Crippen molar-refractivity contribution in [1.29, 1.82) is 0 Å². The zero-order valence-electron chi connectivity index (χ0n) is 19.7. The lowest BCUT2D eigenvalue weighted by atomic mass is 9.95. The Bertz CT molecular complexity index is 1570. The molecule has 1 saturated heterocycles. The Morgan fingerprint density at radius 2 is 1.97 bits per heavy atom. The fraction of sp³-hybridized carbons (Fsp3) is 0.240. The van der Waals surface area contributed by atoms with Crippen molar-refractivity contribution in [3.05, 3.63) is 64.7 Å². The molecular weight excluding hydrogens is 466 g/mol. The Morgan fingerprint density at radius 1 is 1.14 bits per heavy atom. The molecule has 11 nitrogen and oxygen atoms in total. The molecule has 4 amide bonds. The van der Waals surface area contributed by atoms with Crippen LogP contribution < -0.4 is 15.4 Å². The molecule has 5 heterocycles. The first-order valence-electron chi connectivity index (χ1n) is 11.2. The third-order valence-corrected chi connectivity index (χ3v) is 6.65. The lowest BCUT2D eigenvalue weighted by molar-refractivity contribution is -0.125. The van der Waals surface area contributed by atoms with Crippen molar-refractivity contribution >= 4 is 28.9 Å². The third kappa shape index (κ3) is 3.16. The van der Waals surface area contributed by atoms with Gasteiger partial charge in [0.2, 0.25) is 0 Å². The maximum atomic E-state index is 13.2. The van der Waals surface area contributed by atoms with E-state index in [1.165, 1.54) is 12.0 Å². The first kappa shape index (κ1) is 21.8. The SMILES string of the molecule is COc1ccc2c(c1)C(=O)N(C[C@@]1(c3cc4nc(-c5c(C)noc5C)ccc4o3)NC(=O)NC1=O)C2. The zero-order chi connectivity index (χ0) is 25.2. The summed E-state index contributed by atoms with van der Waals surface area (Å²) in [5, 5.41) is 8.94. The van der Waals surface area contributed by atoms with Gasteiger partial charge in [0, 0.05) is 18.2 Å². The number of benzene rings is 1. The van der Waals surface area contributed by atoms with E-state index < -0.39 is 17.5 Å². The minimum absolute atomic E-state index is 0.128. The summed E-state index contributed by atoms with van der Waals surface area (Å²) < 4.78 is 16.5. The molecular formula is C25H21N5O6. The molecule has 6 rings (SSSR count). The standard InChI is InChI=1S/C25H21N5O6/c1-12-21(13(2)36-29-12)17-6-7-19-18(26-17)9-20(35-19)25(23(32)27-24(33)28-25)11-30-10-14-4-5-15(34-3)8-16(14)22(30)31/h4-9H,10-11H2,1-3H3,(H2,27,28,32,33)/t25-/m0/s1. The molecule has 0 unspecified atom stereocenters. The van der Waals surface area contributed by atoms with Crippen LogP contribution in [0.4, 0.5) is 4.79 Å². The minimum Gasteiger partial charge on any atom is -0.497 e. The summed E-state index contributed by atoms with van der Waals surface area (Å²) in [7, 11) is 1.53. The molecule has 2 aliphatic rings. The Balaban J connectivity index is 1.40. The normalized spacial score (nSPS) is 19.1. The molecule has 1 fully saturated rings. The van der Waals surface area contributed by atoms with Crippen LogP contribution in [0.25, 0.3) is 22.4 Å². The second-order valence-electron chi connectivity index (χ2n) is 8.89. The molecule has 182 valence electrons. The number of ether oxygens (including phenoxy) is 1. The molecule has 0 spiro atoms. The van der Waals surface area contributed by atoms with E-state index in [4.69, 9.17) is 13.7 Å². The topological polar surface area (TPSA) is 140 Å². The average Bonchev–Trinajstić information content (AvgIpc) is 3.59. The maximum Gasteiger partial charge on any atom is 0.322 e. The Labute approximate surface area is 204 Å². The van der Waals surface area contributed by atoms with Crippen LogP contribution in [0, 0.1) is 13.8 Å².